The lowest BCUT2D eigenvalue weighted by molar-refractivity contribution is -0.0675. The first kappa shape index (κ1) is 29.5. The van der Waals surface area contributed by atoms with Crippen LogP contribution in [-0.4, -0.2) is 52.9 Å². The SMILES string of the molecule is CC(C)COCC1(COCC(C)C)COc2c(-c3sc(C(C)C)c4c3OCCO4)sc(C(C)(C)C)c2OC1. The molecule has 2 aliphatic heterocycles. The monoisotopic (exact) mass is 566 g/mol. The van der Waals surface area contributed by atoms with Crippen LogP contribution in [0, 0.1) is 17.3 Å². The Balaban J connectivity index is 1.73. The summed E-state index contributed by atoms with van der Waals surface area (Å²) >= 11 is 3.50. The van der Waals surface area contributed by atoms with E-state index < -0.39 is 5.41 Å². The Morgan fingerprint density at radius 3 is 1.74 bits per heavy atom. The molecular weight excluding hydrogens is 520 g/mol. The largest absolute Gasteiger partial charge is 0.488 e. The summed E-state index contributed by atoms with van der Waals surface area (Å²) in [6, 6.07) is 0. The van der Waals surface area contributed by atoms with E-state index in [4.69, 9.17) is 28.4 Å². The summed E-state index contributed by atoms with van der Waals surface area (Å²) in [6.45, 7) is 24.3. The van der Waals surface area contributed by atoms with Crippen molar-refractivity contribution in [1.82, 2.24) is 0 Å². The highest BCUT2D eigenvalue weighted by Gasteiger charge is 2.41. The molecule has 0 atom stereocenters. The summed E-state index contributed by atoms with van der Waals surface area (Å²) < 4.78 is 38.1. The van der Waals surface area contributed by atoms with Gasteiger partial charge in [-0.3, -0.25) is 0 Å². The van der Waals surface area contributed by atoms with Gasteiger partial charge < -0.3 is 28.4 Å². The van der Waals surface area contributed by atoms with Crippen LogP contribution in [0.1, 0.15) is 78.0 Å². The first-order chi connectivity index (χ1) is 17.9. The molecule has 0 N–H and O–H groups in total. The molecule has 4 rings (SSSR count). The molecule has 4 heterocycles. The third-order valence-electron chi connectivity index (χ3n) is 6.42. The molecule has 0 fully saturated rings. The van der Waals surface area contributed by atoms with Crippen molar-refractivity contribution in [1.29, 1.82) is 0 Å². The first-order valence-electron chi connectivity index (χ1n) is 13.9. The van der Waals surface area contributed by atoms with Gasteiger partial charge in [0.1, 0.15) is 26.4 Å². The molecule has 0 radical (unpaired) electrons. The van der Waals surface area contributed by atoms with Crippen LogP contribution >= 0.6 is 22.7 Å². The summed E-state index contributed by atoms with van der Waals surface area (Å²) in [5.41, 5.74) is -0.508. The zero-order chi connectivity index (χ0) is 27.7. The molecule has 0 spiro atoms. The van der Waals surface area contributed by atoms with E-state index in [-0.39, 0.29) is 5.41 Å². The number of thiophene rings is 2. The maximum Gasteiger partial charge on any atom is 0.181 e. The highest BCUT2D eigenvalue weighted by Crippen LogP contribution is 2.60. The fraction of sp³-hybridized carbons (Fsp3) is 0.733. The lowest BCUT2D eigenvalue weighted by atomic mass is 9.92. The van der Waals surface area contributed by atoms with Crippen LogP contribution in [0.2, 0.25) is 0 Å². The van der Waals surface area contributed by atoms with E-state index >= 15 is 0 Å². The minimum atomic E-state index is -0.398. The summed E-state index contributed by atoms with van der Waals surface area (Å²) in [5, 5.41) is 0. The molecule has 6 nitrogen and oxygen atoms in total. The van der Waals surface area contributed by atoms with Gasteiger partial charge in [-0.25, -0.2) is 0 Å². The van der Waals surface area contributed by atoms with Gasteiger partial charge in [0.2, 0.25) is 0 Å². The summed E-state index contributed by atoms with van der Waals surface area (Å²) in [7, 11) is 0. The van der Waals surface area contributed by atoms with Crippen LogP contribution in [0.15, 0.2) is 0 Å². The molecule has 8 heteroatoms. The van der Waals surface area contributed by atoms with Gasteiger partial charge in [-0.15, -0.1) is 22.7 Å². The zero-order valence-corrected chi connectivity index (χ0v) is 26.3. The van der Waals surface area contributed by atoms with Crippen LogP contribution in [-0.2, 0) is 14.9 Å². The molecule has 38 heavy (non-hydrogen) atoms. The van der Waals surface area contributed by atoms with Crippen molar-refractivity contribution in [2.75, 3.05) is 52.9 Å². The van der Waals surface area contributed by atoms with Crippen LogP contribution in [0.3, 0.4) is 0 Å². The van der Waals surface area contributed by atoms with Crippen LogP contribution in [0.25, 0.3) is 9.75 Å². The third-order valence-corrected chi connectivity index (χ3v) is 9.62. The van der Waals surface area contributed by atoms with Crippen molar-refractivity contribution in [3.05, 3.63) is 9.75 Å². The molecule has 0 aliphatic carbocycles. The number of hydrogen-bond donors (Lipinski definition) is 0. The second kappa shape index (κ2) is 11.9. The van der Waals surface area contributed by atoms with Crippen molar-refractivity contribution in [2.45, 2.75) is 73.6 Å². The standard InChI is InChI=1S/C30H46O6S2/c1-18(2)12-31-14-30(15-32-13-19(3)4)16-35-23-24(36-17-30)28(29(7,8)9)38-27(23)26-22-21(33-10-11-34-22)25(37-26)20(5)6/h18-20H,10-17H2,1-9H3. The Kier molecular flexibility index (Phi) is 9.28. The average Bonchev–Trinajstić information content (AvgIpc) is 3.34. The Bertz CT molecular complexity index is 1060. The van der Waals surface area contributed by atoms with Gasteiger partial charge in [-0.1, -0.05) is 62.3 Å². The lowest BCUT2D eigenvalue weighted by Crippen LogP contribution is -2.43. The van der Waals surface area contributed by atoms with E-state index in [0.29, 0.717) is 70.6 Å². The summed E-state index contributed by atoms with van der Waals surface area (Å²) in [4.78, 5) is 4.52. The van der Waals surface area contributed by atoms with Gasteiger partial charge in [-0.2, -0.15) is 0 Å². The van der Waals surface area contributed by atoms with E-state index in [0.717, 1.165) is 32.8 Å². The quantitative estimate of drug-likeness (QED) is 0.293. The summed E-state index contributed by atoms with van der Waals surface area (Å²) in [5.74, 6) is 4.64. The van der Waals surface area contributed by atoms with E-state index in [1.54, 1.807) is 22.7 Å². The van der Waals surface area contributed by atoms with Crippen molar-refractivity contribution in [2.24, 2.45) is 17.3 Å². The van der Waals surface area contributed by atoms with E-state index in [2.05, 4.69) is 62.3 Å². The van der Waals surface area contributed by atoms with E-state index in [1.807, 2.05) is 0 Å². The van der Waals surface area contributed by atoms with Crippen molar-refractivity contribution in [3.8, 4) is 32.8 Å². The van der Waals surface area contributed by atoms with E-state index in [1.165, 1.54) is 9.75 Å². The molecule has 214 valence electrons. The number of fused-ring (bicyclic) bond motifs is 2. The van der Waals surface area contributed by atoms with Crippen LogP contribution in [0.4, 0.5) is 0 Å². The second-order valence-corrected chi connectivity index (χ2v) is 14.9. The van der Waals surface area contributed by atoms with Crippen molar-refractivity contribution < 1.29 is 28.4 Å². The molecule has 0 unspecified atom stereocenters. The Morgan fingerprint density at radius 2 is 1.21 bits per heavy atom. The molecule has 0 amide bonds. The Labute approximate surface area is 236 Å². The summed E-state index contributed by atoms with van der Waals surface area (Å²) in [6.07, 6.45) is 0. The molecule has 0 saturated carbocycles. The number of hydrogen-bond acceptors (Lipinski definition) is 8. The van der Waals surface area contributed by atoms with Crippen LogP contribution < -0.4 is 18.9 Å². The highest BCUT2D eigenvalue weighted by molar-refractivity contribution is 7.23. The van der Waals surface area contributed by atoms with Gasteiger partial charge in [-0.05, 0) is 17.8 Å². The Hall–Kier alpha value is -1.48. The number of rotatable bonds is 10. The molecule has 0 bridgehead atoms. The Morgan fingerprint density at radius 1 is 0.711 bits per heavy atom. The predicted molar refractivity (Wildman–Crippen MR) is 156 cm³/mol. The van der Waals surface area contributed by atoms with Gasteiger partial charge >= 0.3 is 0 Å². The smallest absolute Gasteiger partial charge is 0.181 e. The predicted octanol–water partition coefficient (Wildman–Crippen LogP) is 7.77. The maximum atomic E-state index is 6.74. The molecule has 2 aromatic heterocycles. The highest BCUT2D eigenvalue weighted by atomic mass is 32.1. The number of ether oxygens (including phenoxy) is 6. The van der Waals surface area contributed by atoms with Gasteiger partial charge in [0.15, 0.2) is 23.0 Å². The second-order valence-electron chi connectivity index (χ2n) is 12.9. The van der Waals surface area contributed by atoms with Crippen LogP contribution in [0.5, 0.6) is 23.0 Å². The normalized spacial score (nSPS) is 16.9. The van der Waals surface area contributed by atoms with Gasteiger partial charge in [0.25, 0.3) is 0 Å². The molecule has 0 aromatic carbocycles. The minimum Gasteiger partial charge on any atom is -0.488 e. The maximum absolute atomic E-state index is 6.74. The van der Waals surface area contributed by atoms with Gasteiger partial charge in [0.05, 0.1) is 38.1 Å². The molecule has 2 aromatic rings. The minimum absolute atomic E-state index is 0.110. The van der Waals surface area contributed by atoms with Gasteiger partial charge in [0, 0.05) is 18.6 Å². The van der Waals surface area contributed by atoms with Crippen molar-refractivity contribution >= 4 is 22.7 Å². The van der Waals surface area contributed by atoms with Crippen molar-refractivity contribution in [3.63, 3.8) is 0 Å². The topological polar surface area (TPSA) is 55.4 Å². The fourth-order valence-corrected chi connectivity index (χ4v) is 7.10. The fourth-order valence-electron chi connectivity index (χ4n) is 4.53. The third kappa shape index (κ3) is 6.45. The molecular formula is C30H46O6S2. The first-order valence-corrected chi connectivity index (χ1v) is 15.6. The molecule has 0 saturated heterocycles. The molecule has 2 aliphatic rings. The lowest BCUT2D eigenvalue weighted by Gasteiger charge is -2.31. The van der Waals surface area contributed by atoms with E-state index in [9.17, 15) is 0 Å². The zero-order valence-electron chi connectivity index (χ0n) is 24.7. The average molecular weight is 567 g/mol.